The minimum atomic E-state index is -4.29. The number of alkyl halides is 3. The monoisotopic (exact) mass is 464 g/mol. The minimum absolute atomic E-state index is 0.0721. The molecule has 188 valence electrons. The van der Waals surface area contributed by atoms with Gasteiger partial charge in [-0.15, -0.1) is 0 Å². The highest BCUT2D eigenvalue weighted by Gasteiger charge is 2.33. The fraction of sp³-hybridized carbons (Fsp3) is 0.960. The Balaban J connectivity index is 1.48. The summed E-state index contributed by atoms with van der Waals surface area (Å²) in [6.45, 7) is 1.85. The molecule has 2 fully saturated rings. The highest BCUT2D eigenvalue weighted by atomic mass is 19.4. The summed E-state index contributed by atoms with van der Waals surface area (Å²) in [5, 5.41) is 0. The van der Waals surface area contributed by atoms with E-state index in [0.717, 1.165) is 38.7 Å². The van der Waals surface area contributed by atoms with Crippen molar-refractivity contribution >= 4 is 5.97 Å². The molecule has 0 heterocycles. The Hall–Kier alpha value is -0.820. The lowest BCUT2D eigenvalue weighted by atomic mass is 9.87. The fourth-order valence-electron chi connectivity index (χ4n) is 4.74. The molecule has 32 heavy (non-hydrogen) atoms. The van der Waals surface area contributed by atoms with Crippen LogP contribution in [0, 0.1) is 5.92 Å². The first-order valence-corrected chi connectivity index (χ1v) is 12.9. The number of ether oxygens (including phenoxy) is 3. The molecule has 0 amide bonds. The van der Waals surface area contributed by atoms with Gasteiger partial charge in [-0.05, 0) is 57.8 Å². The Morgan fingerprint density at radius 2 is 1.22 bits per heavy atom. The van der Waals surface area contributed by atoms with Gasteiger partial charge >= 0.3 is 12.1 Å². The summed E-state index contributed by atoms with van der Waals surface area (Å²) in [7, 11) is 0. The van der Waals surface area contributed by atoms with Gasteiger partial charge in [-0.3, -0.25) is 4.79 Å². The number of halogens is 3. The minimum Gasteiger partial charge on any atom is -0.462 e. The van der Waals surface area contributed by atoms with E-state index in [0.29, 0.717) is 25.7 Å². The molecule has 0 unspecified atom stereocenters. The van der Waals surface area contributed by atoms with Gasteiger partial charge in [0, 0.05) is 6.61 Å². The second kappa shape index (κ2) is 15.2. The van der Waals surface area contributed by atoms with Gasteiger partial charge < -0.3 is 14.2 Å². The van der Waals surface area contributed by atoms with Crippen LogP contribution in [-0.2, 0) is 19.0 Å². The quantitative estimate of drug-likeness (QED) is 0.202. The number of hydrogen-bond acceptors (Lipinski definition) is 4. The van der Waals surface area contributed by atoms with Gasteiger partial charge in [-0.25, -0.2) is 0 Å². The molecule has 2 rings (SSSR count). The molecule has 2 saturated carbocycles. The van der Waals surface area contributed by atoms with E-state index in [1.165, 1.54) is 44.9 Å². The molecule has 0 aromatic rings. The van der Waals surface area contributed by atoms with Crippen LogP contribution in [0.5, 0.6) is 0 Å². The Morgan fingerprint density at radius 3 is 1.81 bits per heavy atom. The maximum absolute atomic E-state index is 12.5. The number of hydrogen-bond donors (Lipinski definition) is 0. The van der Waals surface area contributed by atoms with Crippen molar-refractivity contribution in [1.29, 1.82) is 0 Å². The van der Waals surface area contributed by atoms with Crippen LogP contribution in [0.1, 0.15) is 110 Å². The van der Waals surface area contributed by atoms with Crippen LogP contribution >= 0.6 is 0 Å². The molecule has 0 saturated heterocycles. The Kier molecular flexibility index (Phi) is 13.0. The van der Waals surface area contributed by atoms with Crippen molar-refractivity contribution in [3.05, 3.63) is 0 Å². The summed E-state index contributed by atoms with van der Waals surface area (Å²) in [4.78, 5) is 12.5. The van der Waals surface area contributed by atoms with E-state index in [1.807, 2.05) is 0 Å². The molecule has 0 aliphatic heterocycles. The average Bonchev–Trinajstić information content (AvgIpc) is 2.77. The van der Waals surface area contributed by atoms with Crippen molar-refractivity contribution in [2.45, 2.75) is 134 Å². The predicted octanol–water partition coefficient (Wildman–Crippen LogP) is 7.14. The largest absolute Gasteiger partial charge is 0.462 e. The fourth-order valence-corrected chi connectivity index (χ4v) is 4.74. The van der Waals surface area contributed by atoms with Gasteiger partial charge in [-0.1, -0.05) is 51.9 Å². The molecule has 2 aliphatic rings. The summed E-state index contributed by atoms with van der Waals surface area (Å²) in [5.74, 6) is -0.219. The number of esters is 1. The van der Waals surface area contributed by atoms with Crippen LogP contribution in [0.4, 0.5) is 13.2 Å². The van der Waals surface area contributed by atoms with Crippen molar-refractivity contribution in [2.24, 2.45) is 5.92 Å². The highest BCUT2D eigenvalue weighted by molar-refractivity contribution is 5.72. The molecule has 7 heteroatoms. The maximum atomic E-state index is 12.5. The van der Waals surface area contributed by atoms with E-state index in [-0.39, 0.29) is 30.2 Å². The third-order valence-corrected chi connectivity index (χ3v) is 6.75. The SMILES string of the molecule is CCCCCCCCCCOC1CCC(C(=O)OC2CCC(OCC(F)(F)F)CC2)CC1. The van der Waals surface area contributed by atoms with Crippen molar-refractivity contribution in [3.63, 3.8) is 0 Å². The molecule has 0 aromatic carbocycles. The standard InChI is InChI=1S/C25H43F3O4/c1-2-3-4-5-6-7-8-9-18-30-21-12-10-20(11-13-21)24(29)32-23-16-14-22(15-17-23)31-19-25(26,27)28/h20-23H,2-19H2,1H3. The zero-order chi connectivity index (χ0) is 23.2. The molecule has 0 bridgehead atoms. The molecule has 0 radical (unpaired) electrons. The number of carbonyl (C=O) groups excluding carboxylic acids is 1. The van der Waals surface area contributed by atoms with Gasteiger partial charge in [0.15, 0.2) is 0 Å². The Labute approximate surface area is 191 Å². The maximum Gasteiger partial charge on any atom is 0.411 e. The molecule has 0 atom stereocenters. The first kappa shape index (κ1) is 27.4. The van der Waals surface area contributed by atoms with Crippen molar-refractivity contribution in [3.8, 4) is 0 Å². The predicted molar refractivity (Wildman–Crippen MR) is 118 cm³/mol. The van der Waals surface area contributed by atoms with Gasteiger partial charge in [0.1, 0.15) is 12.7 Å². The van der Waals surface area contributed by atoms with Crippen LogP contribution in [0.15, 0.2) is 0 Å². The number of rotatable bonds is 14. The summed E-state index contributed by atoms with van der Waals surface area (Å²) >= 11 is 0. The van der Waals surface area contributed by atoms with E-state index >= 15 is 0 Å². The van der Waals surface area contributed by atoms with Crippen LogP contribution in [0.3, 0.4) is 0 Å². The molecule has 0 spiro atoms. The van der Waals surface area contributed by atoms with Gasteiger partial charge in [0.2, 0.25) is 0 Å². The van der Waals surface area contributed by atoms with Gasteiger partial charge in [0.05, 0.1) is 18.1 Å². The van der Waals surface area contributed by atoms with Crippen molar-refractivity contribution in [1.82, 2.24) is 0 Å². The second-order valence-electron chi connectivity index (χ2n) is 9.58. The second-order valence-corrected chi connectivity index (χ2v) is 9.58. The van der Waals surface area contributed by atoms with Crippen LogP contribution < -0.4 is 0 Å². The zero-order valence-corrected chi connectivity index (χ0v) is 19.8. The average molecular weight is 465 g/mol. The van der Waals surface area contributed by atoms with Crippen molar-refractivity contribution in [2.75, 3.05) is 13.2 Å². The normalized spacial score (nSPS) is 26.8. The van der Waals surface area contributed by atoms with Crippen LogP contribution in [-0.4, -0.2) is 43.7 Å². The van der Waals surface area contributed by atoms with E-state index in [4.69, 9.17) is 14.2 Å². The number of unbranched alkanes of at least 4 members (excludes halogenated alkanes) is 7. The van der Waals surface area contributed by atoms with Crippen molar-refractivity contribution < 1.29 is 32.2 Å². The third kappa shape index (κ3) is 11.9. The summed E-state index contributed by atoms with van der Waals surface area (Å²) < 4.78 is 53.4. The topological polar surface area (TPSA) is 44.8 Å². The number of carbonyl (C=O) groups is 1. The van der Waals surface area contributed by atoms with E-state index in [2.05, 4.69) is 6.92 Å². The third-order valence-electron chi connectivity index (χ3n) is 6.75. The molecular formula is C25H43F3O4. The lowest BCUT2D eigenvalue weighted by molar-refractivity contribution is -0.190. The van der Waals surface area contributed by atoms with Gasteiger partial charge in [0.25, 0.3) is 0 Å². The Bertz CT molecular complexity index is 496. The summed E-state index contributed by atoms with van der Waals surface area (Å²) in [5.41, 5.74) is 0. The lowest BCUT2D eigenvalue weighted by Crippen LogP contribution is -2.34. The highest BCUT2D eigenvalue weighted by Crippen LogP contribution is 2.30. The van der Waals surface area contributed by atoms with E-state index in [1.54, 1.807) is 0 Å². The Morgan fingerprint density at radius 1 is 0.719 bits per heavy atom. The lowest BCUT2D eigenvalue weighted by Gasteiger charge is -2.31. The first-order chi connectivity index (χ1) is 15.4. The van der Waals surface area contributed by atoms with E-state index in [9.17, 15) is 18.0 Å². The molecular weight excluding hydrogens is 421 g/mol. The molecule has 0 N–H and O–H groups in total. The van der Waals surface area contributed by atoms with Gasteiger partial charge in [-0.2, -0.15) is 13.2 Å². The smallest absolute Gasteiger partial charge is 0.411 e. The summed E-state index contributed by atoms with van der Waals surface area (Å²) in [6.07, 6.45) is 11.3. The van der Waals surface area contributed by atoms with Crippen LogP contribution in [0.2, 0.25) is 0 Å². The molecule has 0 aromatic heterocycles. The first-order valence-electron chi connectivity index (χ1n) is 12.9. The summed E-state index contributed by atoms with van der Waals surface area (Å²) in [6, 6.07) is 0. The van der Waals surface area contributed by atoms with Crippen LogP contribution in [0.25, 0.3) is 0 Å². The molecule has 2 aliphatic carbocycles. The van der Waals surface area contributed by atoms with E-state index < -0.39 is 12.8 Å². The zero-order valence-electron chi connectivity index (χ0n) is 19.8. The molecule has 4 nitrogen and oxygen atoms in total.